The molecule has 0 saturated carbocycles. The molecule has 8 aromatic carbocycles. The van der Waals surface area contributed by atoms with Crippen molar-refractivity contribution >= 4 is 49.8 Å². The van der Waals surface area contributed by atoms with Crippen LogP contribution in [0.3, 0.4) is 0 Å². The van der Waals surface area contributed by atoms with Crippen molar-refractivity contribution in [3.05, 3.63) is 186 Å². The van der Waals surface area contributed by atoms with Gasteiger partial charge < -0.3 is 9.32 Å². The van der Waals surface area contributed by atoms with Crippen LogP contribution in [0.25, 0.3) is 66.1 Å². The number of benzene rings is 8. The molecule has 2 nitrogen and oxygen atoms in total. The van der Waals surface area contributed by atoms with Crippen molar-refractivity contribution in [2.24, 2.45) is 0 Å². The summed E-state index contributed by atoms with van der Waals surface area (Å²) in [6.45, 7) is 9.46. The minimum absolute atomic E-state index is 0.128. The van der Waals surface area contributed by atoms with E-state index in [1.807, 2.05) is 0 Å². The standard InChI is InChI=1S/C52H39NO/c1-51(2)43-23-11-8-19-41(43)48-44(51)24-14-26-47(48)53(33-28-30-36-35-17-7-10-22-42(35)52(3,4)45(36)31-33)46-25-12-9-18-37(46)38-20-13-21-39-40-29-27-32-15-5-6-16-34(32)49(40)54-50(38)39/h5-31H,1-4H3. The summed E-state index contributed by atoms with van der Waals surface area (Å²) < 4.78 is 6.95. The second kappa shape index (κ2) is 11.1. The molecule has 2 heteroatoms. The van der Waals surface area contributed by atoms with Crippen LogP contribution >= 0.6 is 0 Å². The number of fused-ring (bicyclic) bond motifs is 11. The molecule has 1 aromatic heterocycles. The maximum absolute atomic E-state index is 6.95. The number of rotatable bonds is 4. The Morgan fingerprint density at radius 3 is 1.81 bits per heavy atom. The molecule has 0 radical (unpaired) electrons. The molecule has 0 N–H and O–H groups in total. The number of anilines is 3. The van der Waals surface area contributed by atoms with Gasteiger partial charge in [0.25, 0.3) is 0 Å². The number of hydrogen-bond donors (Lipinski definition) is 0. The van der Waals surface area contributed by atoms with Gasteiger partial charge in [0.2, 0.25) is 0 Å². The molecule has 0 atom stereocenters. The van der Waals surface area contributed by atoms with Crippen LogP contribution in [0.5, 0.6) is 0 Å². The van der Waals surface area contributed by atoms with Crippen LogP contribution < -0.4 is 4.90 Å². The summed E-state index contributed by atoms with van der Waals surface area (Å²) in [4.78, 5) is 2.52. The Morgan fingerprint density at radius 2 is 0.963 bits per heavy atom. The summed E-state index contributed by atoms with van der Waals surface area (Å²) in [5.74, 6) is 0. The fourth-order valence-corrected chi connectivity index (χ4v) is 9.80. The Labute approximate surface area is 315 Å². The monoisotopic (exact) mass is 693 g/mol. The van der Waals surface area contributed by atoms with Gasteiger partial charge in [-0.2, -0.15) is 0 Å². The van der Waals surface area contributed by atoms with Crippen LogP contribution in [-0.2, 0) is 10.8 Å². The summed E-state index contributed by atoms with van der Waals surface area (Å²) in [6, 6.07) is 60.3. The van der Waals surface area contributed by atoms with Crippen molar-refractivity contribution < 1.29 is 4.42 Å². The second-order valence-electron chi connectivity index (χ2n) is 16.1. The highest BCUT2D eigenvalue weighted by atomic mass is 16.3. The van der Waals surface area contributed by atoms with Crippen molar-refractivity contribution in [2.45, 2.75) is 38.5 Å². The summed E-state index contributed by atoms with van der Waals surface area (Å²) in [7, 11) is 0. The number of hydrogen-bond acceptors (Lipinski definition) is 2. The Kier molecular flexibility index (Phi) is 6.39. The number of para-hydroxylation sites is 2. The third-order valence-corrected chi connectivity index (χ3v) is 12.5. The van der Waals surface area contributed by atoms with Gasteiger partial charge in [0.05, 0.1) is 11.4 Å². The molecule has 0 amide bonds. The Bertz CT molecular complexity index is 3010. The first-order chi connectivity index (χ1) is 26.3. The average Bonchev–Trinajstić information content (AvgIpc) is 3.79. The lowest BCUT2D eigenvalue weighted by Gasteiger charge is -2.31. The molecule has 11 rings (SSSR count). The van der Waals surface area contributed by atoms with Crippen molar-refractivity contribution in [1.82, 2.24) is 0 Å². The minimum atomic E-state index is -0.136. The van der Waals surface area contributed by atoms with Crippen LogP contribution in [0, 0.1) is 0 Å². The molecular formula is C52H39NO. The average molecular weight is 694 g/mol. The molecule has 0 bridgehead atoms. The second-order valence-corrected chi connectivity index (χ2v) is 16.1. The van der Waals surface area contributed by atoms with Gasteiger partial charge in [0.15, 0.2) is 0 Å². The summed E-state index contributed by atoms with van der Waals surface area (Å²) in [5, 5.41) is 4.58. The predicted octanol–water partition coefficient (Wildman–Crippen LogP) is 14.5. The van der Waals surface area contributed by atoms with Crippen molar-refractivity contribution in [1.29, 1.82) is 0 Å². The van der Waals surface area contributed by atoms with Gasteiger partial charge in [-0.3, -0.25) is 0 Å². The van der Waals surface area contributed by atoms with E-state index in [2.05, 4.69) is 196 Å². The van der Waals surface area contributed by atoms with Crippen LogP contribution in [0.2, 0.25) is 0 Å². The topological polar surface area (TPSA) is 16.4 Å². The van der Waals surface area contributed by atoms with Crippen LogP contribution in [0.15, 0.2) is 168 Å². The molecule has 0 fully saturated rings. The maximum atomic E-state index is 6.95. The normalized spacial score (nSPS) is 14.6. The lowest BCUT2D eigenvalue weighted by Crippen LogP contribution is -2.18. The molecule has 1 heterocycles. The molecule has 0 spiro atoms. The highest BCUT2D eigenvalue weighted by molar-refractivity contribution is 6.17. The zero-order valence-electron chi connectivity index (χ0n) is 30.9. The molecule has 2 aliphatic rings. The third-order valence-electron chi connectivity index (χ3n) is 12.5. The van der Waals surface area contributed by atoms with E-state index in [-0.39, 0.29) is 10.8 Å². The van der Waals surface area contributed by atoms with Crippen molar-refractivity contribution in [3.8, 4) is 33.4 Å². The molecule has 2 aliphatic carbocycles. The van der Waals surface area contributed by atoms with E-state index in [1.165, 1.54) is 55.6 Å². The zero-order chi connectivity index (χ0) is 36.3. The van der Waals surface area contributed by atoms with E-state index < -0.39 is 0 Å². The Hall–Kier alpha value is -6.38. The molecule has 0 saturated heterocycles. The van der Waals surface area contributed by atoms with Gasteiger partial charge >= 0.3 is 0 Å². The van der Waals surface area contributed by atoms with Crippen LogP contribution in [0.1, 0.15) is 49.9 Å². The zero-order valence-corrected chi connectivity index (χ0v) is 30.9. The molecule has 0 unspecified atom stereocenters. The maximum Gasteiger partial charge on any atom is 0.143 e. The van der Waals surface area contributed by atoms with Gasteiger partial charge in [-0.15, -0.1) is 0 Å². The molecule has 9 aromatic rings. The van der Waals surface area contributed by atoms with Gasteiger partial charge in [0.1, 0.15) is 11.2 Å². The summed E-state index contributed by atoms with van der Waals surface area (Å²) in [6.07, 6.45) is 0. The van der Waals surface area contributed by atoms with E-state index in [1.54, 1.807) is 0 Å². The SMILES string of the molecule is CC1(C)c2ccccc2-c2ccc(N(c3ccccc3-c3cccc4c3oc3c5ccccc5ccc43)c3cccc4c3-c3ccccc3C4(C)C)cc21. The quantitative estimate of drug-likeness (QED) is 0.182. The lowest BCUT2D eigenvalue weighted by molar-refractivity contribution is 0.660. The van der Waals surface area contributed by atoms with Crippen LogP contribution in [-0.4, -0.2) is 0 Å². The lowest BCUT2D eigenvalue weighted by atomic mass is 9.82. The molecule has 258 valence electrons. The van der Waals surface area contributed by atoms with Crippen molar-refractivity contribution in [3.63, 3.8) is 0 Å². The van der Waals surface area contributed by atoms with Gasteiger partial charge in [-0.25, -0.2) is 0 Å². The van der Waals surface area contributed by atoms with Gasteiger partial charge in [0, 0.05) is 49.4 Å². The third kappa shape index (κ3) is 4.17. The van der Waals surface area contributed by atoms with E-state index in [4.69, 9.17) is 4.42 Å². The van der Waals surface area contributed by atoms with E-state index >= 15 is 0 Å². The summed E-state index contributed by atoms with van der Waals surface area (Å²) >= 11 is 0. The van der Waals surface area contributed by atoms with Crippen molar-refractivity contribution in [2.75, 3.05) is 4.90 Å². The molecule has 54 heavy (non-hydrogen) atoms. The molecule has 0 aliphatic heterocycles. The number of furan rings is 1. The highest BCUT2D eigenvalue weighted by Crippen LogP contribution is 2.56. The number of nitrogens with zero attached hydrogens (tertiary/aromatic N) is 1. The van der Waals surface area contributed by atoms with Crippen LogP contribution in [0.4, 0.5) is 17.1 Å². The fraction of sp³-hybridized carbons (Fsp3) is 0.115. The minimum Gasteiger partial charge on any atom is -0.455 e. The first kappa shape index (κ1) is 31.2. The van der Waals surface area contributed by atoms with Gasteiger partial charge in [-0.1, -0.05) is 161 Å². The fourth-order valence-electron chi connectivity index (χ4n) is 9.80. The van der Waals surface area contributed by atoms with E-state index in [0.29, 0.717) is 0 Å². The van der Waals surface area contributed by atoms with Gasteiger partial charge in [-0.05, 0) is 74.7 Å². The Morgan fingerprint density at radius 1 is 0.389 bits per heavy atom. The Balaban J connectivity index is 1.20. The molecular weight excluding hydrogens is 655 g/mol. The van der Waals surface area contributed by atoms with E-state index in [0.717, 1.165) is 49.8 Å². The highest BCUT2D eigenvalue weighted by Gasteiger charge is 2.39. The summed E-state index contributed by atoms with van der Waals surface area (Å²) in [5.41, 5.74) is 17.9. The van der Waals surface area contributed by atoms with E-state index in [9.17, 15) is 0 Å². The predicted molar refractivity (Wildman–Crippen MR) is 226 cm³/mol. The first-order valence-electron chi connectivity index (χ1n) is 19.0. The smallest absolute Gasteiger partial charge is 0.143 e. The largest absolute Gasteiger partial charge is 0.455 e. The first-order valence-corrected chi connectivity index (χ1v) is 19.0.